The summed E-state index contributed by atoms with van der Waals surface area (Å²) in [6, 6.07) is 0.871. The summed E-state index contributed by atoms with van der Waals surface area (Å²) in [5.74, 6) is 0.804. The molecule has 1 nitrogen and oxygen atoms in total. The monoisotopic (exact) mass is 231 g/mol. The van der Waals surface area contributed by atoms with E-state index in [0.29, 0.717) is 5.41 Å². The number of rotatable bonds is 6. The zero-order chi connectivity index (χ0) is 11.3. The molecule has 0 saturated heterocycles. The fourth-order valence-electron chi connectivity index (χ4n) is 1.97. The van der Waals surface area contributed by atoms with Crippen molar-refractivity contribution in [1.82, 2.24) is 4.90 Å². The van der Waals surface area contributed by atoms with E-state index in [-0.39, 0.29) is 0 Å². The molecule has 90 valence electrons. The van der Waals surface area contributed by atoms with Crippen LogP contribution in [0, 0.1) is 5.41 Å². The number of alkyl halides is 1. The van der Waals surface area contributed by atoms with Crippen molar-refractivity contribution in [2.45, 2.75) is 58.9 Å². The Balaban J connectivity index is 2.28. The molecule has 0 radical (unpaired) electrons. The van der Waals surface area contributed by atoms with Crippen molar-refractivity contribution in [2.75, 3.05) is 19.0 Å². The van der Waals surface area contributed by atoms with E-state index in [1.165, 1.54) is 38.8 Å². The van der Waals surface area contributed by atoms with E-state index in [0.717, 1.165) is 18.3 Å². The first-order chi connectivity index (χ1) is 7.03. The van der Waals surface area contributed by atoms with Gasteiger partial charge in [0.15, 0.2) is 0 Å². The summed E-state index contributed by atoms with van der Waals surface area (Å²) >= 11 is 5.77. The standard InChI is InChI=1S/C13H26ClN/c1-13(2,3)8-11-15(10-5-9-14)12-6-4-7-12/h12H,4-11H2,1-3H3. The molecule has 1 aliphatic carbocycles. The van der Waals surface area contributed by atoms with Gasteiger partial charge in [-0.3, -0.25) is 0 Å². The number of hydrogen-bond acceptors (Lipinski definition) is 1. The van der Waals surface area contributed by atoms with Crippen molar-refractivity contribution in [3.05, 3.63) is 0 Å². The van der Waals surface area contributed by atoms with Gasteiger partial charge in [0.05, 0.1) is 0 Å². The molecule has 1 saturated carbocycles. The average molecular weight is 232 g/mol. The van der Waals surface area contributed by atoms with E-state index >= 15 is 0 Å². The second kappa shape index (κ2) is 6.10. The van der Waals surface area contributed by atoms with Crippen LogP contribution in [0.25, 0.3) is 0 Å². The van der Waals surface area contributed by atoms with Gasteiger partial charge >= 0.3 is 0 Å². The van der Waals surface area contributed by atoms with Crippen molar-refractivity contribution in [2.24, 2.45) is 5.41 Å². The molecule has 0 aliphatic heterocycles. The molecule has 1 rings (SSSR count). The zero-order valence-electron chi connectivity index (χ0n) is 10.6. The largest absolute Gasteiger partial charge is 0.300 e. The molecule has 15 heavy (non-hydrogen) atoms. The van der Waals surface area contributed by atoms with E-state index in [9.17, 15) is 0 Å². The summed E-state index contributed by atoms with van der Waals surface area (Å²) in [5.41, 5.74) is 0.461. The second-order valence-corrected chi connectivity index (χ2v) is 6.35. The quantitative estimate of drug-likeness (QED) is 0.627. The van der Waals surface area contributed by atoms with Crippen molar-refractivity contribution in [3.63, 3.8) is 0 Å². The van der Waals surface area contributed by atoms with Crippen LogP contribution in [0.5, 0.6) is 0 Å². The van der Waals surface area contributed by atoms with Crippen molar-refractivity contribution in [1.29, 1.82) is 0 Å². The maximum Gasteiger partial charge on any atom is 0.0235 e. The van der Waals surface area contributed by atoms with Crippen LogP contribution in [0.3, 0.4) is 0 Å². The number of halogens is 1. The first kappa shape index (κ1) is 13.3. The smallest absolute Gasteiger partial charge is 0.0235 e. The van der Waals surface area contributed by atoms with Crippen LogP contribution >= 0.6 is 11.6 Å². The van der Waals surface area contributed by atoms with Gasteiger partial charge in [-0.05, 0) is 44.2 Å². The van der Waals surface area contributed by atoms with Gasteiger partial charge in [-0.25, -0.2) is 0 Å². The lowest BCUT2D eigenvalue weighted by molar-refractivity contribution is 0.112. The Kier molecular flexibility index (Phi) is 5.42. The lowest BCUT2D eigenvalue weighted by Gasteiger charge is -2.38. The third-order valence-corrected chi connectivity index (χ3v) is 3.59. The summed E-state index contributed by atoms with van der Waals surface area (Å²) in [7, 11) is 0. The molecule has 0 aromatic rings. The van der Waals surface area contributed by atoms with Gasteiger partial charge < -0.3 is 4.90 Å². The van der Waals surface area contributed by atoms with Gasteiger partial charge in [0, 0.05) is 11.9 Å². The molecule has 0 amide bonds. The topological polar surface area (TPSA) is 3.24 Å². The predicted molar refractivity (Wildman–Crippen MR) is 68.6 cm³/mol. The van der Waals surface area contributed by atoms with Crippen molar-refractivity contribution in [3.8, 4) is 0 Å². The molecular weight excluding hydrogens is 206 g/mol. The molecule has 0 heterocycles. The van der Waals surface area contributed by atoms with Crippen LogP contribution in [0.4, 0.5) is 0 Å². The van der Waals surface area contributed by atoms with Crippen LogP contribution in [0.1, 0.15) is 52.9 Å². The Labute approximate surface area is 100 Å². The van der Waals surface area contributed by atoms with E-state index in [2.05, 4.69) is 25.7 Å². The maximum absolute atomic E-state index is 5.77. The lowest BCUT2D eigenvalue weighted by atomic mass is 9.88. The van der Waals surface area contributed by atoms with Gasteiger partial charge in [0.2, 0.25) is 0 Å². The third kappa shape index (κ3) is 5.21. The highest BCUT2D eigenvalue weighted by atomic mass is 35.5. The first-order valence-electron chi connectivity index (χ1n) is 6.33. The Morgan fingerprint density at radius 3 is 2.27 bits per heavy atom. The Hall–Kier alpha value is 0.250. The second-order valence-electron chi connectivity index (χ2n) is 5.97. The summed E-state index contributed by atoms with van der Waals surface area (Å²) in [4.78, 5) is 2.66. The lowest BCUT2D eigenvalue weighted by Crippen LogP contribution is -2.42. The van der Waals surface area contributed by atoms with E-state index < -0.39 is 0 Å². The molecule has 0 aromatic carbocycles. The van der Waals surface area contributed by atoms with Crippen LogP contribution in [0.15, 0.2) is 0 Å². The minimum absolute atomic E-state index is 0.461. The Morgan fingerprint density at radius 1 is 1.20 bits per heavy atom. The molecular formula is C13H26ClN. The van der Waals surface area contributed by atoms with Crippen molar-refractivity contribution < 1.29 is 0 Å². The van der Waals surface area contributed by atoms with Crippen LogP contribution in [0.2, 0.25) is 0 Å². The van der Waals surface area contributed by atoms with E-state index in [1.807, 2.05) is 0 Å². The van der Waals surface area contributed by atoms with Crippen LogP contribution in [-0.4, -0.2) is 29.9 Å². The fraction of sp³-hybridized carbons (Fsp3) is 1.00. The number of hydrogen-bond donors (Lipinski definition) is 0. The summed E-state index contributed by atoms with van der Waals surface area (Å²) in [5, 5.41) is 0. The molecule has 1 fully saturated rings. The highest BCUT2D eigenvalue weighted by molar-refractivity contribution is 6.17. The summed E-state index contributed by atoms with van der Waals surface area (Å²) < 4.78 is 0. The maximum atomic E-state index is 5.77. The molecule has 0 N–H and O–H groups in total. The minimum atomic E-state index is 0.461. The molecule has 0 unspecified atom stereocenters. The molecule has 0 atom stereocenters. The molecule has 1 aliphatic rings. The number of nitrogens with zero attached hydrogens (tertiary/aromatic N) is 1. The molecule has 0 aromatic heterocycles. The summed E-state index contributed by atoms with van der Waals surface area (Å²) in [6.45, 7) is 9.43. The van der Waals surface area contributed by atoms with Crippen LogP contribution < -0.4 is 0 Å². The van der Waals surface area contributed by atoms with Gasteiger partial charge in [0.25, 0.3) is 0 Å². The van der Waals surface area contributed by atoms with Crippen molar-refractivity contribution >= 4 is 11.6 Å². The average Bonchev–Trinajstić information content (AvgIpc) is 2.05. The summed E-state index contributed by atoms with van der Waals surface area (Å²) in [6.07, 6.45) is 6.68. The van der Waals surface area contributed by atoms with E-state index in [1.54, 1.807) is 0 Å². The highest BCUT2D eigenvalue weighted by Gasteiger charge is 2.25. The third-order valence-electron chi connectivity index (χ3n) is 3.32. The molecule has 0 spiro atoms. The Bertz CT molecular complexity index is 170. The van der Waals surface area contributed by atoms with Gasteiger partial charge in [0.1, 0.15) is 0 Å². The van der Waals surface area contributed by atoms with Gasteiger partial charge in [-0.1, -0.05) is 27.2 Å². The fourth-order valence-corrected chi connectivity index (χ4v) is 2.09. The molecule has 2 heteroatoms. The highest BCUT2D eigenvalue weighted by Crippen LogP contribution is 2.27. The molecule has 0 bridgehead atoms. The first-order valence-corrected chi connectivity index (χ1v) is 6.86. The predicted octanol–water partition coefficient (Wildman–Crippen LogP) is 3.91. The van der Waals surface area contributed by atoms with Crippen LogP contribution in [-0.2, 0) is 0 Å². The normalized spacial score (nSPS) is 18.2. The minimum Gasteiger partial charge on any atom is -0.300 e. The SMILES string of the molecule is CC(C)(C)CCN(CCCCl)C1CCC1. The zero-order valence-corrected chi connectivity index (χ0v) is 11.3. The van der Waals surface area contributed by atoms with Gasteiger partial charge in [-0.2, -0.15) is 0 Å². The van der Waals surface area contributed by atoms with E-state index in [4.69, 9.17) is 11.6 Å². The Morgan fingerprint density at radius 2 is 1.87 bits per heavy atom. The van der Waals surface area contributed by atoms with Gasteiger partial charge in [-0.15, -0.1) is 11.6 Å².